The lowest BCUT2D eigenvalue weighted by atomic mass is 9.83. The molecule has 1 aliphatic heterocycles. The second-order valence-electron chi connectivity index (χ2n) is 9.37. The van der Waals surface area contributed by atoms with E-state index in [1.165, 1.54) is 5.19 Å². The number of benzene rings is 2. The third-order valence-corrected chi connectivity index (χ3v) is 10.5. The van der Waals surface area contributed by atoms with Crippen LogP contribution in [0.15, 0.2) is 60.7 Å². The van der Waals surface area contributed by atoms with Gasteiger partial charge < -0.3 is 14.0 Å². The Bertz CT molecular complexity index is 828. The summed E-state index contributed by atoms with van der Waals surface area (Å²) >= 11 is 0. The van der Waals surface area contributed by atoms with Crippen LogP contribution in [0.5, 0.6) is 5.75 Å². The summed E-state index contributed by atoms with van der Waals surface area (Å²) in [5.74, 6) is 0.864. The molecule has 1 unspecified atom stereocenters. The standard InChI is InChI=1S/C24H33BO3Si/c1-23(2)24(3,4)28-25(27-23)22(29(6,7)21-11-9-8-10-12-21)18-15-19-13-16-20(26-5)17-14-19/h8-18,22H,1-7H3/b18-15+. The first-order valence-corrected chi connectivity index (χ1v) is 13.4. The fourth-order valence-corrected chi connectivity index (χ4v) is 6.53. The van der Waals surface area contributed by atoms with Gasteiger partial charge in [-0.1, -0.05) is 72.9 Å². The molecule has 2 aromatic rings. The Morgan fingerprint density at radius 2 is 1.45 bits per heavy atom. The van der Waals surface area contributed by atoms with Gasteiger partial charge in [-0.05, 0) is 45.4 Å². The molecule has 0 saturated carbocycles. The van der Waals surface area contributed by atoms with Crippen molar-refractivity contribution in [2.24, 2.45) is 0 Å². The van der Waals surface area contributed by atoms with Crippen molar-refractivity contribution in [2.45, 2.75) is 57.4 Å². The summed E-state index contributed by atoms with van der Waals surface area (Å²) in [5.41, 5.74) is 0.633. The maximum Gasteiger partial charge on any atom is 0.462 e. The smallest absolute Gasteiger partial charge is 0.462 e. The van der Waals surface area contributed by atoms with Gasteiger partial charge in [-0.15, -0.1) is 0 Å². The first kappa shape index (κ1) is 21.9. The molecule has 1 atom stereocenters. The minimum Gasteiger partial charge on any atom is -0.497 e. The van der Waals surface area contributed by atoms with Gasteiger partial charge in [0.25, 0.3) is 0 Å². The molecule has 29 heavy (non-hydrogen) atoms. The van der Waals surface area contributed by atoms with Crippen LogP contribution in [0.1, 0.15) is 33.3 Å². The van der Waals surface area contributed by atoms with E-state index in [4.69, 9.17) is 14.0 Å². The van der Waals surface area contributed by atoms with Gasteiger partial charge in [-0.25, -0.2) is 0 Å². The zero-order valence-electron chi connectivity index (χ0n) is 18.7. The molecule has 0 radical (unpaired) electrons. The molecule has 1 saturated heterocycles. The molecule has 154 valence electrons. The van der Waals surface area contributed by atoms with Crippen molar-refractivity contribution in [1.29, 1.82) is 0 Å². The minimum absolute atomic E-state index is 0.174. The van der Waals surface area contributed by atoms with E-state index >= 15 is 0 Å². The molecule has 0 spiro atoms. The maximum atomic E-state index is 6.50. The highest BCUT2D eigenvalue weighted by Gasteiger charge is 2.56. The lowest BCUT2D eigenvalue weighted by Gasteiger charge is -2.32. The van der Waals surface area contributed by atoms with Crippen LogP contribution in [0.4, 0.5) is 0 Å². The van der Waals surface area contributed by atoms with Crippen molar-refractivity contribution in [1.82, 2.24) is 0 Å². The zero-order chi connectivity index (χ0) is 21.3. The zero-order valence-corrected chi connectivity index (χ0v) is 19.7. The van der Waals surface area contributed by atoms with Gasteiger partial charge in [0.05, 0.1) is 26.4 Å². The molecule has 5 heteroatoms. The fourth-order valence-electron chi connectivity index (χ4n) is 3.70. The van der Waals surface area contributed by atoms with Gasteiger partial charge in [0, 0.05) is 5.44 Å². The highest BCUT2D eigenvalue weighted by Crippen LogP contribution is 2.43. The lowest BCUT2D eigenvalue weighted by Crippen LogP contribution is -2.51. The summed E-state index contributed by atoms with van der Waals surface area (Å²) in [6.45, 7) is 13.3. The second-order valence-corrected chi connectivity index (χ2v) is 14.1. The quantitative estimate of drug-likeness (QED) is 0.605. The average molecular weight is 408 g/mol. The summed E-state index contributed by atoms with van der Waals surface area (Å²) in [6, 6.07) is 18.9. The predicted molar refractivity (Wildman–Crippen MR) is 125 cm³/mol. The normalized spacial score (nSPS) is 19.5. The van der Waals surface area contributed by atoms with E-state index in [0.29, 0.717) is 0 Å². The van der Waals surface area contributed by atoms with Crippen molar-refractivity contribution < 1.29 is 14.0 Å². The summed E-state index contributed by atoms with van der Waals surface area (Å²) in [7, 11) is -0.512. The van der Waals surface area contributed by atoms with Crippen molar-refractivity contribution in [3.05, 3.63) is 66.2 Å². The first-order valence-electron chi connectivity index (χ1n) is 10.3. The lowest BCUT2D eigenvalue weighted by molar-refractivity contribution is 0.00578. The maximum absolute atomic E-state index is 6.50. The first-order chi connectivity index (χ1) is 13.6. The largest absolute Gasteiger partial charge is 0.497 e. The van der Waals surface area contributed by atoms with Crippen LogP contribution in [-0.2, 0) is 9.31 Å². The topological polar surface area (TPSA) is 27.7 Å². The minimum atomic E-state index is -1.93. The van der Waals surface area contributed by atoms with Gasteiger partial charge in [0.2, 0.25) is 0 Å². The van der Waals surface area contributed by atoms with E-state index in [2.05, 4.69) is 95.4 Å². The van der Waals surface area contributed by atoms with Crippen LogP contribution >= 0.6 is 0 Å². The molecule has 0 bridgehead atoms. The van der Waals surface area contributed by atoms with E-state index in [1.54, 1.807) is 7.11 Å². The molecule has 1 aliphatic rings. The van der Waals surface area contributed by atoms with E-state index in [9.17, 15) is 0 Å². The summed E-state index contributed by atoms with van der Waals surface area (Å²) in [5, 5.41) is 1.40. The Morgan fingerprint density at radius 3 is 1.97 bits per heavy atom. The monoisotopic (exact) mass is 408 g/mol. The van der Waals surface area contributed by atoms with Crippen molar-refractivity contribution in [3.8, 4) is 5.75 Å². The molecule has 1 fully saturated rings. The van der Waals surface area contributed by atoms with Crippen LogP contribution in [0.25, 0.3) is 6.08 Å². The molecule has 3 rings (SSSR count). The Morgan fingerprint density at radius 1 is 0.897 bits per heavy atom. The number of allylic oxidation sites excluding steroid dienone is 1. The van der Waals surface area contributed by atoms with Crippen LogP contribution in [0.2, 0.25) is 18.5 Å². The summed E-state index contributed by atoms with van der Waals surface area (Å²) in [6.07, 6.45) is 4.48. The molecule has 0 amide bonds. The van der Waals surface area contributed by atoms with Gasteiger partial charge in [-0.3, -0.25) is 0 Å². The van der Waals surface area contributed by atoms with Gasteiger partial charge in [-0.2, -0.15) is 0 Å². The van der Waals surface area contributed by atoms with Crippen molar-refractivity contribution >= 4 is 26.5 Å². The van der Waals surface area contributed by atoms with Gasteiger partial charge >= 0.3 is 7.12 Å². The van der Waals surface area contributed by atoms with Crippen molar-refractivity contribution in [3.63, 3.8) is 0 Å². The fraction of sp³-hybridized carbons (Fsp3) is 0.417. The highest BCUT2D eigenvalue weighted by atomic mass is 28.3. The van der Waals surface area contributed by atoms with Gasteiger partial charge in [0.15, 0.2) is 0 Å². The number of methoxy groups -OCH3 is 1. The third kappa shape index (κ3) is 4.52. The van der Waals surface area contributed by atoms with Gasteiger partial charge in [0.1, 0.15) is 5.75 Å². The molecular weight excluding hydrogens is 375 g/mol. The second kappa shape index (κ2) is 8.13. The van der Waals surface area contributed by atoms with Crippen molar-refractivity contribution in [2.75, 3.05) is 7.11 Å². The number of hydrogen-bond donors (Lipinski definition) is 0. The number of rotatable bonds is 6. The summed E-state index contributed by atoms with van der Waals surface area (Å²) in [4.78, 5) is 0. The van der Waals surface area contributed by atoms with E-state index in [0.717, 1.165) is 11.3 Å². The SMILES string of the molecule is COc1ccc(/C=C/C(B2OC(C)(C)C(C)(C)O2)[Si](C)(C)c2ccccc2)cc1. The van der Waals surface area contributed by atoms with E-state index < -0.39 is 8.07 Å². The van der Waals surface area contributed by atoms with Crippen LogP contribution < -0.4 is 9.92 Å². The van der Waals surface area contributed by atoms with E-state index in [1.807, 2.05) is 12.1 Å². The average Bonchev–Trinajstić information content (AvgIpc) is 2.90. The number of hydrogen-bond acceptors (Lipinski definition) is 3. The molecule has 3 nitrogen and oxygen atoms in total. The summed E-state index contributed by atoms with van der Waals surface area (Å²) < 4.78 is 18.3. The Kier molecular flexibility index (Phi) is 6.14. The highest BCUT2D eigenvalue weighted by molar-refractivity contribution is 6.98. The van der Waals surface area contributed by atoms with Crippen LogP contribution in [0.3, 0.4) is 0 Å². The molecule has 2 aromatic carbocycles. The molecule has 1 heterocycles. The molecular formula is C24H33BO3Si. The Balaban J connectivity index is 1.96. The Hall–Kier alpha value is -1.82. The predicted octanol–water partition coefficient (Wildman–Crippen LogP) is 5.33. The molecule has 0 aromatic heterocycles. The molecule has 0 N–H and O–H groups in total. The molecule has 0 aliphatic carbocycles. The third-order valence-electron chi connectivity index (χ3n) is 6.53. The number of ether oxygens (including phenoxy) is 1. The Labute approximate surface area is 177 Å². The van der Waals surface area contributed by atoms with Crippen LogP contribution in [0, 0.1) is 0 Å². The van der Waals surface area contributed by atoms with E-state index in [-0.39, 0.29) is 23.8 Å². The van der Waals surface area contributed by atoms with Crippen LogP contribution in [-0.4, -0.2) is 33.5 Å².